The highest BCUT2D eigenvalue weighted by molar-refractivity contribution is 7.67. The van der Waals surface area contributed by atoms with Gasteiger partial charge in [0.1, 0.15) is 5.82 Å². The van der Waals surface area contributed by atoms with Crippen LogP contribution in [0.3, 0.4) is 0 Å². The topological polar surface area (TPSA) is 17.1 Å². The lowest BCUT2D eigenvalue weighted by atomic mass is 10.4. The number of aryl methyl sites for hydroxylation is 1. The molecule has 1 nitrogen and oxygen atoms in total. The first-order valence-electron chi connectivity index (χ1n) is 4.45. The first-order valence-corrected chi connectivity index (χ1v) is 6.59. The Kier molecular flexibility index (Phi) is 2.94. The molecule has 1 aromatic heterocycles. The van der Waals surface area contributed by atoms with Crippen molar-refractivity contribution in [3.63, 3.8) is 0 Å². The van der Waals surface area contributed by atoms with Crippen LogP contribution in [0.4, 0.5) is 4.39 Å². The predicted molar refractivity (Wildman–Crippen MR) is 62.3 cm³/mol. The Morgan fingerprint density at radius 3 is 2.47 bits per heavy atom. The molecule has 0 aliphatic rings. The van der Waals surface area contributed by atoms with Gasteiger partial charge in [0, 0.05) is 6.07 Å². The molecule has 76 valence electrons. The normalized spacial score (nSPS) is 11.5. The summed E-state index contributed by atoms with van der Waals surface area (Å²) in [5, 5.41) is 2.64. The van der Waals surface area contributed by atoms with E-state index >= 15 is 0 Å². The Hall–Kier alpha value is -1.05. The lowest BCUT2D eigenvalue weighted by Gasteiger charge is -1.86. The molecule has 2 rings (SSSR count). The third kappa shape index (κ3) is 2.31. The molecule has 1 aromatic carbocycles. The number of thiophene rings is 1. The van der Waals surface area contributed by atoms with Crippen LogP contribution in [0.2, 0.25) is 0 Å². The Bertz CT molecular complexity index is 490. The smallest absolute Gasteiger partial charge is 0.207 e. The minimum atomic E-state index is -1.56. The fourth-order valence-corrected chi connectivity index (χ4v) is 3.71. The summed E-state index contributed by atoms with van der Waals surface area (Å²) in [5.41, 5.74) is 1.11. The second-order valence-corrected chi connectivity index (χ2v) is 6.03. The van der Waals surface area contributed by atoms with Crippen LogP contribution in [0.5, 0.6) is 0 Å². The summed E-state index contributed by atoms with van der Waals surface area (Å²) < 4.78 is 25.5. The van der Waals surface area contributed by atoms with Crippen LogP contribution in [0.1, 0.15) is 5.56 Å². The van der Waals surface area contributed by atoms with Gasteiger partial charge in [-0.1, -0.05) is 15.9 Å². The van der Waals surface area contributed by atoms with E-state index in [1.165, 1.54) is 23.5 Å². The monoisotopic (exact) mass is 239 g/mol. The molecule has 0 saturated carbocycles. The van der Waals surface area contributed by atoms with Gasteiger partial charge in [0.15, 0.2) is 5.30 Å². The van der Waals surface area contributed by atoms with Gasteiger partial charge in [0.05, 0.1) is 0 Å². The zero-order valence-electron chi connectivity index (χ0n) is 8.11. The number of hydrogen-bond acceptors (Lipinski definition) is 2. The van der Waals surface area contributed by atoms with Gasteiger partial charge in [-0.05, 0) is 42.1 Å². The maximum atomic E-state index is 12.7. The van der Waals surface area contributed by atoms with Gasteiger partial charge in [-0.3, -0.25) is 0 Å². The maximum absolute atomic E-state index is 12.7. The van der Waals surface area contributed by atoms with E-state index in [1.54, 1.807) is 12.1 Å². The molecule has 0 saturated heterocycles. The number of halogens is 1. The van der Waals surface area contributed by atoms with E-state index in [9.17, 15) is 8.96 Å². The van der Waals surface area contributed by atoms with Crippen LogP contribution in [-0.2, 0) is 4.57 Å². The fraction of sp³-hybridized carbons (Fsp3) is 0.0909. The Morgan fingerprint density at radius 2 is 1.93 bits per heavy atom. The summed E-state index contributed by atoms with van der Waals surface area (Å²) in [7, 11) is -1.56. The number of hydrogen-bond donors (Lipinski definition) is 0. The van der Waals surface area contributed by atoms with Gasteiger partial charge in [-0.25, -0.2) is 4.39 Å². The van der Waals surface area contributed by atoms with Crippen LogP contribution in [0.25, 0.3) is 0 Å². The maximum Gasteiger partial charge on any atom is 0.426 e. The van der Waals surface area contributed by atoms with Crippen molar-refractivity contribution < 1.29 is 8.96 Å². The van der Waals surface area contributed by atoms with E-state index in [4.69, 9.17) is 0 Å². The van der Waals surface area contributed by atoms with Crippen molar-refractivity contribution in [2.45, 2.75) is 6.92 Å². The molecular weight excluding hydrogens is 230 g/mol. The molecule has 0 bridgehead atoms. The van der Waals surface area contributed by atoms with E-state index in [-0.39, 0.29) is 5.82 Å². The molecule has 0 radical (unpaired) electrons. The summed E-state index contributed by atoms with van der Waals surface area (Å²) in [6, 6.07) is 7.73. The van der Waals surface area contributed by atoms with Gasteiger partial charge in [-0.2, -0.15) is 0 Å². The first kappa shape index (κ1) is 10.5. The average Bonchev–Trinajstić information content (AvgIpc) is 2.65. The molecule has 0 spiro atoms. The summed E-state index contributed by atoms with van der Waals surface area (Å²) >= 11 is 1.48. The quantitative estimate of drug-likeness (QED) is 0.736. The van der Waals surface area contributed by atoms with Crippen LogP contribution in [0, 0.1) is 12.7 Å². The largest absolute Gasteiger partial charge is 0.426 e. The molecular formula is C11H9FOPS+. The van der Waals surface area contributed by atoms with Gasteiger partial charge in [-0.15, -0.1) is 0 Å². The second kappa shape index (κ2) is 4.21. The molecule has 2 aromatic rings. The lowest BCUT2D eigenvalue weighted by Crippen LogP contribution is -2.02. The second-order valence-electron chi connectivity index (χ2n) is 3.23. The average molecular weight is 239 g/mol. The Labute approximate surface area is 92.4 Å². The third-order valence-corrected chi connectivity index (χ3v) is 4.94. The van der Waals surface area contributed by atoms with E-state index in [0.29, 0.717) is 5.30 Å². The molecule has 1 heterocycles. The summed E-state index contributed by atoms with van der Waals surface area (Å²) in [5.74, 6) is -0.301. The SMILES string of the molecule is Cc1csc([P+](=O)c2ccc(F)cc2)c1. The fourth-order valence-electron chi connectivity index (χ4n) is 1.23. The summed E-state index contributed by atoms with van der Waals surface area (Å²) in [6.07, 6.45) is 0. The molecule has 15 heavy (non-hydrogen) atoms. The highest BCUT2D eigenvalue weighted by Gasteiger charge is 2.24. The van der Waals surface area contributed by atoms with Gasteiger partial charge in [0.2, 0.25) is 4.62 Å². The molecule has 0 aliphatic heterocycles. The molecule has 1 atom stereocenters. The molecule has 0 aliphatic carbocycles. The van der Waals surface area contributed by atoms with Crippen molar-refractivity contribution in [2.75, 3.05) is 0 Å². The third-order valence-electron chi connectivity index (χ3n) is 1.98. The Morgan fingerprint density at radius 1 is 1.27 bits per heavy atom. The number of benzene rings is 1. The Balaban J connectivity index is 2.32. The highest BCUT2D eigenvalue weighted by atomic mass is 32.1. The molecule has 4 heteroatoms. The van der Waals surface area contributed by atoms with Crippen LogP contribution < -0.4 is 9.92 Å². The van der Waals surface area contributed by atoms with Crippen LogP contribution in [0.15, 0.2) is 35.7 Å². The summed E-state index contributed by atoms with van der Waals surface area (Å²) in [4.78, 5) is 0. The first-order chi connectivity index (χ1) is 7.16. The van der Waals surface area contributed by atoms with E-state index in [1.807, 2.05) is 18.4 Å². The van der Waals surface area contributed by atoms with E-state index < -0.39 is 7.80 Å². The molecule has 0 amide bonds. The van der Waals surface area contributed by atoms with Crippen LogP contribution in [-0.4, -0.2) is 0 Å². The zero-order valence-corrected chi connectivity index (χ0v) is 9.82. The van der Waals surface area contributed by atoms with Gasteiger partial charge in [0.25, 0.3) is 0 Å². The van der Waals surface area contributed by atoms with Crippen molar-refractivity contribution in [3.8, 4) is 0 Å². The number of rotatable bonds is 2. The van der Waals surface area contributed by atoms with E-state index in [2.05, 4.69) is 0 Å². The van der Waals surface area contributed by atoms with Crippen LogP contribution >= 0.6 is 19.1 Å². The standard InChI is InChI=1S/C11H9FOPS/c1-8-6-11(15-7-8)14(13)10-4-2-9(12)3-5-10/h2-7H,1H3/q+1. The minimum absolute atomic E-state index is 0.301. The van der Waals surface area contributed by atoms with Gasteiger partial charge >= 0.3 is 7.80 Å². The predicted octanol–water partition coefficient (Wildman–Crippen LogP) is 2.97. The zero-order chi connectivity index (χ0) is 10.8. The molecule has 1 unspecified atom stereocenters. The van der Waals surface area contributed by atoms with Crippen molar-refractivity contribution >= 4 is 29.1 Å². The molecule has 0 fully saturated rings. The van der Waals surface area contributed by atoms with Crippen molar-refractivity contribution in [1.82, 2.24) is 0 Å². The van der Waals surface area contributed by atoms with Crippen molar-refractivity contribution in [3.05, 3.63) is 47.1 Å². The highest BCUT2D eigenvalue weighted by Crippen LogP contribution is 2.23. The lowest BCUT2D eigenvalue weighted by molar-refractivity contribution is 0.598. The van der Waals surface area contributed by atoms with E-state index in [0.717, 1.165) is 10.2 Å². The van der Waals surface area contributed by atoms with Crippen molar-refractivity contribution in [1.29, 1.82) is 0 Å². The van der Waals surface area contributed by atoms with Crippen molar-refractivity contribution in [2.24, 2.45) is 0 Å². The summed E-state index contributed by atoms with van der Waals surface area (Å²) in [6.45, 7) is 1.97. The minimum Gasteiger partial charge on any atom is -0.207 e. The van der Waals surface area contributed by atoms with Gasteiger partial charge < -0.3 is 0 Å². The molecule has 0 N–H and O–H groups in total.